The number of aliphatic hydroxyl groups is 1. The zero-order chi connectivity index (χ0) is 12.9. The fraction of sp³-hybridized carbons (Fsp3) is 0.833. The normalized spacial score (nSPS) is 46.4. The molecule has 5 nitrogen and oxygen atoms in total. The van der Waals surface area contributed by atoms with Crippen LogP contribution in [0.5, 0.6) is 0 Å². The van der Waals surface area contributed by atoms with Crippen molar-refractivity contribution < 1.29 is 14.3 Å². The maximum atomic E-state index is 13.3. The molecule has 0 unspecified atom stereocenters. The van der Waals surface area contributed by atoms with Crippen LogP contribution in [-0.4, -0.2) is 52.9 Å². The van der Waals surface area contributed by atoms with Crippen LogP contribution >= 0.6 is 0 Å². The summed E-state index contributed by atoms with van der Waals surface area (Å²) in [6.07, 6.45) is 0.0621. The molecule has 6 atom stereocenters. The summed E-state index contributed by atoms with van der Waals surface area (Å²) in [5.74, 6) is -0.0587. The number of carbonyl (C=O) groups excluding carboxylic acids is 1. The van der Waals surface area contributed by atoms with Gasteiger partial charge >= 0.3 is 0 Å². The van der Waals surface area contributed by atoms with Crippen molar-refractivity contribution in [3.8, 4) is 6.07 Å². The number of piperidine rings is 1. The van der Waals surface area contributed by atoms with Gasteiger partial charge in [0.05, 0.1) is 24.8 Å². The summed E-state index contributed by atoms with van der Waals surface area (Å²) in [5, 5.41) is 21.7. The lowest BCUT2D eigenvalue weighted by Crippen LogP contribution is -2.53. The molecule has 98 valence electrons. The molecule has 1 aliphatic carbocycles. The maximum absolute atomic E-state index is 13.3. The molecule has 2 N–H and O–H groups in total. The van der Waals surface area contributed by atoms with Gasteiger partial charge in [0, 0.05) is 12.5 Å². The summed E-state index contributed by atoms with van der Waals surface area (Å²) in [6.45, 7) is 0.0230. The third-order valence-electron chi connectivity index (χ3n) is 4.38. The number of carbonyl (C=O) groups is 1. The number of likely N-dealkylation sites (tertiary alicyclic amines) is 1. The van der Waals surface area contributed by atoms with E-state index < -0.39 is 12.2 Å². The van der Waals surface area contributed by atoms with Gasteiger partial charge in [-0.3, -0.25) is 4.79 Å². The molecule has 2 saturated heterocycles. The van der Waals surface area contributed by atoms with Crippen LogP contribution in [0.25, 0.3) is 0 Å². The Kier molecular flexibility index (Phi) is 2.76. The van der Waals surface area contributed by atoms with E-state index in [9.17, 15) is 14.3 Å². The van der Waals surface area contributed by atoms with Crippen molar-refractivity contribution in [1.29, 1.82) is 5.26 Å². The molecular formula is C12H16FN3O2. The quantitative estimate of drug-likeness (QED) is 0.664. The average Bonchev–Trinajstić information content (AvgIpc) is 3.00. The molecule has 0 aromatic rings. The number of nitrogens with zero attached hydrogens (tertiary/aromatic N) is 2. The molecule has 0 aromatic heterocycles. The molecule has 18 heavy (non-hydrogen) atoms. The minimum Gasteiger partial charge on any atom is -0.391 e. The Morgan fingerprint density at radius 2 is 2.22 bits per heavy atom. The standard InChI is InChI=1S/C12H16FN3O2/c13-7-3-8(4-14)16(5-7)12(18)11-6-1-9(15-11)10(17)2-6/h6-11,15,17H,1-3,5H2/t6-,7-,8-,9+,10+,11-/m0/s1. The molecule has 6 heteroatoms. The molecule has 2 heterocycles. The summed E-state index contributed by atoms with van der Waals surface area (Å²) in [5.41, 5.74) is 0. The Morgan fingerprint density at radius 3 is 2.78 bits per heavy atom. The highest BCUT2D eigenvalue weighted by molar-refractivity contribution is 5.84. The first kappa shape index (κ1) is 11.9. The van der Waals surface area contributed by atoms with Gasteiger partial charge in [0.2, 0.25) is 5.91 Å². The van der Waals surface area contributed by atoms with Crippen molar-refractivity contribution in [3.63, 3.8) is 0 Å². The van der Waals surface area contributed by atoms with Crippen LogP contribution in [0.2, 0.25) is 0 Å². The number of amides is 1. The number of halogens is 1. The maximum Gasteiger partial charge on any atom is 0.241 e. The molecular weight excluding hydrogens is 237 g/mol. The number of alkyl halides is 1. The van der Waals surface area contributed by atoms with Crippen molar-refractivity contribution in [3.05, 3.63) is 0 Å². The SMILES string of the molecule is N#C[C@@H]1C[C@H](F)CN1C(=O)[C@H]1N[C@@H]2C[C@H]1C[C@H]2O. The molecule has 3 fully saturated rings. The van der Waals surface area contributed by atoms with E-state index in [-0.39, 0.29) is 43.0 Å². The van der Waals surface area contributed by atoms with Gasteiger partial charge in [-0.15, -0.1) is 0 Å². The summed E-state index contributed by atoms with van der Waals surface area (Å²) in [4.78, 5) is 13.7. The number of fused-ring (bicyclic) bond motifs is 2. The minimum atomic E-state index is -1.09. The highest BCUT2D eigenvalue weighted by Crippen LogP contribution is 2.37. The molecule has 2 bridgehead atoms. The van der Waals surface area contributed by atoms with Gasteiger partial charge in [0.15, 0.2) is 0 Å². The van der Waals surface area contributed by atoms with E-state index in [2.05, 4.69) is 5.32 Å². The van der Waals surface area contributed by atoms with Gasteiger partial charge < -0.3 is 15.3 Å². The Hall–Kier alpha value is -1.19. The molecule has 0 spiro atoms. The second-order valence-electron chi connectivity index (χ2n) is 5.52. The van der Waals surface area contributed by atoms with E-state index in [1.165, 1.54) is 4.90 Å². The topological polar surface area (TPSA) is 76.4 Å². The smallest absolute Gasteiger partial charge is 0.241 e. The van der Waals surface area contributed by atoms with Crippen LogP contribution in [0.4, 0.5) is 4.39 Å². The van der Waals surface area contributed by atoms with Gasteiger partial charge in [-0.25, -0.2) is 4.39 Å². The summed E-state index contributed by atoms with van der Waals surface area (Å²) in [7, 11) is 0. The number of nitriles is 1. The first-order valence-corrected chi connectivity index (χ1v) is 6.38. The summed E-state index contributed by atoms with van der Waals surface area (Å²) >= 11 is 0. The van der Waals surface area contributed by atoms with E-state index in [4.69, 9.17) is 5.26 Å². The molecule has 1 amide bonds. The zero-order valence-corrected chi connectivity index (χ0v) is 9.92. The van der Waals surface area contributed by atoms with Crippen molar-refractivity contribution in [2.75, 3.05) is 6.54 Å². The fourth-order valence-electron chi connectivity index (χ4n) is 3.47. The average molecular weight is 253 g/mol. The first-order valence-electron chi connectivity index (χ1n) is 6.38. The van der Waals surface area contributed by atoms with Crippen LogP contribution in [0, 0.1) is 17.2 Å². The number of rotatable bonds is 1. The third kappa shape index (κ3) is 1.70. The lowest BCUT2D eigenvalue weighted by molar-refractivity contribution is -0.135. The zero-order valence-electron chi connectivity index (χ0n) is 9.92. The number of hydrogen-bond donors (Lipinski definition) is 2. The van der Waals surface area contributed by atoms with E-state index >= 15 is 0 Å². The van der Waals surface area contributed by atoms with Crippen molar-refractivity contribution in [1.82, 2.24) is 10.2 Å². The molecule has 2 aliphatic heterocycles. The van der Waals surface area contributed by atoms with E-state index in [0.717, 1.165) is 6.42 Å². The van der Waals surface area contributed by atoms with Crippen molar-refractivity contribution in [2.24, 2.45) is 5.92 Å². The van der Waals surface area contributed by atoms with Gasteiger partial charge in [0.1, 0.15) is 12.2 Å². The van der Waals surface area contributed by atoms with Crippen LogP contribution in [-0.2, 0) is 4.79 Å². The Labute approximate surface area is 105 Å². The molecule has 3 aliphatic rings. The Balaban J connectivity index is 1.71. The molecule has 0 radical (unpaired) electrons. The Morgan fingerprint density at radius 1 is 1.44 bits per heavy atom. The van der Waals surface area contributed by atoms with Gasteiger partial charge in [-0.05, 0) is 18.8 Å². The third-order valence-corrected chi connectivity index (χ3v) is 4.38. The van der Waals surface area contributed by atoms with Gasteiger partial charge in [-0.2, -0.15) is 5.26 Å². The lowest BCUT2D eigenvalue weighted by Gasteiger charge is -2.30. The second-order valence-corrected chi connectivity index (χ2v) is 5.52. The van der Waals surface area contributed by atoms with Crippen molar-refractivity contribution in [2.45, 2.75) is 49.7 Å². The highest BCUT2D eigenvalue weighted by atomic mass is 19.1. The van der Waals surface area contributed by atoms with Crippen LogP contribution in [0.1, 0.15) is 19.3 Å². The van der Waals surface area contributed by atoms with E-state index in [1.807, 2.05) is 6.07 Å². The van der Waals surface area contributed by atoms with Crippen molar-refractivity contribution >= 4 is 5.91 Å². The van der Waals surface area contributed by atoms with Crippen LogP contribution in [0.3, 0.4) is 0 Å². The van der Waals surface area contributed by atoms with Gasteiger partial charge in [-0.1, -0.05) is 0 Å². The van der Waals surface area contributed by atoms with Crippen LogP contribution in [0.15, 0.2) is 0 Å². The van der Waals surface area contributed by atoms with E-state index in [0.29, 0.717) is 6.42 Å². The van der Waals surface area contributed by atoms with Crippen LogP contribution < -0.4 is 5.32 Å². The Bertz CT molecular complexity index is 409. The number of aliphatic hydroxyl groups excluding tert-OH is 1. The summed E-state index contributed by atoms with van der Waals surface area (Å²) in [6, 6.07) is 0.981. The number of nitrogens with one attached hydrogen (secondary N) is 1. The predicted octanol–water partition coefficient (Wildman–Crippen LogP) is -0.440. The molecule has 0 aromatic carbocycles. The largest absolute Gasteiger partial charge is 0.391 e. The fourth-order valence-corrected chi connectivity index (χ4v) is 3.47. The lowest BCUT2D eigenvalue weighted by atomic mass is 9.97. The molecule has 1 saturated carbocycles. The second kappa shape index (κ2) is 4.18. The predicted molar refractivity (Wildman–Crippen MR) is 60.1 cm³/mol. The summed E-state index contributed by atoms with van der Waals surface area (Å²) < 4.78 is 13.3. The number of hydrogen-bond acceptors (Lipinski definition) is 4. The molecule has 3 rings (SSSR count). The highest BCUT2D eigenvalue weighted by Gasteiger charge is 2.50. The van der Waals surface area contributed by atoms with Gasteiger partial charge in [0.25, 0.3) is 0 Å². The minimum absolute atomic E-state index is 0.0201. The monoisotopic (exact) mass is 253 g/mol. The first-order chi connectivity index (χ1) is 8.60. The van der Waals surface area contributed by atoms with E-state index in [1.54, 1.807) is 0 Å².